The second-order valence-electron chi connectivity index (χ2n) is 6.54. The number of benzene rings is 2. The summed E-state index contributed by atoms with van der Waals surface area (Å²) in [5, 5.41) is 17.7. The average Bonchev–Trinajstić information content (AvgIpc) is 3.47. The van der Waals surface area contributed by atoms with Gasteiger partial charge in [-0.05, 0) is 48.5 Å². The number of phenols is 2. The topological polar surface area (TPSA) is 109 Å². The van der Waals surface area contributed by atoms with E-state index in [-0.39, 0.29) is 47.5 Å². The number of hydrogen-bond donors (Lipinski definition) is 2. The molecule has 2 aliphatic rings. The normalized spacial score (nSPS) is 12.9. The van der Waals surface area contributed by atoms with Crippen molar-refractivity contribution in [2.75, 3.05) is 12.5 Å². The van der Waals surface area contributed by atoms with Crippen molar-refractivity contribution in [2.24, 2.45) is 0 Å². The monoisotopic (exact) mass is 564 g/mol. The van der Waals surface area contributed by atoms with E-state index in [1.807, 2.05) is 24.3 Å². The molecule has 2 aromatic carbocycles. The zero-order valence-electron chi connectivity index (χ0n) is 18.3. The molecular formula is C24H26O6S2Zr. The molecular weight excluding hydrogens is 540 g/mol. The van der Waals surface area contributed by atoms with Crippen molar-refractivity contribution < 1.29 is 53.3 Å². The van der Waals surface area contributed by atoms with Crippen LogP contribution in [-0.2, 0) is 45.9 Å². The van der Waals surface area contributed by atoms with Gasteiger partial charge >= 0.3 is 26.2 Å². The number of phenolic OH excluding ortho intramolecular Hbond substituents is 2. The Morgan fingerprint density at radius 3 is 1.09 bits per heavy atom. The van der Waals surface area contributed by atoms with Crippen LogP contribution >= 0.6 is 0 Å². The molecule has 0 bridgehead atoms. The molecule has 2 aromatic rings. The first-order chi connectivity index (χ1) is 15.0. The van der Waals surface area contributed by atoms with E-state index in [1.54, 1.807) is 0 Å². The number of rotatable bonds is 2. The third-order valence-corrected chi connectivity index (χ3v) is 5.96. The van der Waals surface area contributed by atoms with Gasteiger partial charge in [-0.15, -0.1) is 12.8 Å². The Morgan fingerprint density at radius 2 is 0.939 bits per heavy atom. The fourth-order valence-corrected chi connectivity index (χ4v) is 3.33. The predicted molar refractivity (Wildman–Crippen MR) is 126 cm³/mol. The maximum absolute atomic E-state index is 10.9. The summed E-state index contributed by atoms with van der Waals surface area (Å²) in [6.07, 6.45) is 22.2. The van der Waals surface area contributed by atoms with Crippen LogP contribution in [0.5, 0.6) is 11.5 Å². The minimum absolute atomic E-state index is 0. The number of sulfone groups is 2. The summed E-state index contributed by atoms with van der Waals surface area (Å²) < 4.78 is 43.5. The summed E-state index contributed by atoms with van der Waals surface area (Å²) >= 11 is 0. The van der Waals surface area contributed by atoms with E-state index in [2.05, 4.69) is 24.3 Å². The van der Waals surface area contributed by atoms with E-state index in [4.69, 9.17) is 10.2 Å². The molecule has 0 fully saturated rings. The Bertz CT molecular complexity index is 1040. The van der Waals surface area contributed by atoms with Gasteiger partial charge in [0.25, 0.3) is 0 Å². The van der Waals surface area contributed by atoms with Gasteiger partial charge in [0, 0.05) is 12.5 Å². The second-order valence-corrected chi connectivity index (χ2v) is 10.6. The van der Waals surface area contributed by atoms with Gasteiger partial charge in [0.05, 0.1) is 9.79 Å². The summed E-state index contributed by atoms with van der Waals surface area (Å²) in [7, 11) is -6.26. The van der Waals surface area contributed by atoms with Gasteiger partial charge in [-0.3, -0.25) is 12.2 Å². The van der Waals surface area contributed by atoms with E-state index >= 15 is 0 Å². The molecule has 9 heteroatoms. The minimum Gasteiger partial charge on any atom is -0.508 e. The first-order valence-electron chi connectivity index (χ1n) is 9.42. The molecule has 33 heavy (non-hydrogen) atoms. The standard InChI is InChI=1S/2C7H8O3S.2C5H5.Zr/c2*1-11(9,10)7-4-2-6(8)3-5-7;2*1-2-4-5-3-1;/h2*2-5,8H,1H3;2*1-3H,4H2;/q;;2*-1;+2. The number of hydrogen-bond acceptors (Lipinski definition) is 6. The molecule has 0 unspecified atom stereocenters. The molecule has 0 amide bonds. The predicted octanol–water partition coefficient (Wildman–Crippen LogP) is 4.20. The van der Waals surface area contributed by atoms with Crippen LogP contribution in [0.4, 0.5) is 0 Å². The van der Waals surface area contributed by atoms with Gasteiger partial charge in [0.1, 0.15) is 11.5 Å². The summed E-state index contributed by atoms with van der Waals surface area (Å²) in [4.78, 5) is 0.436. The summed E-state index contributed by atoms with van der Waals surface area (Å²) in [6.45, 7) is 0. The average molecular weight is 566 g/mol. The summed E-state index contributed by atoms with van der Waals surface area (Å²) in [6, 6.07) is 10.8. The number of aromatic hydroxyl groups is 2. The molecule has 6 nitrogen and oxygen atoms in total. The smallest absolute Gasteiger partial charge is 0.508 e. The Morgan fingerprint density at radius 1 is 0.636 bits per heavy atom. The van der Waals surface area contributed by atoms with Crippen molar-refractivity contribution in [3.8, 4) is 11.5 Å². The van der Waals surface area contributed by atoms with Crippen LogP contribution < -0.4 is 0 Å². The molecule has 4 rings (SSSR count). The van der Waals surface area contributed by atoms with E-state index < -0.39 is 19.7 Å². The fourth-order valence-electron chi connectivity index (χ4n) is 2.07. The van der Waals surface area contributed by atoms with Crippen LogP contribution in [0.3, 0.4) is 0 Å². The van der Waals surface area contributed by atoms with Crippen molar-refractivity contribution in [2.45, 2.75) is 22.6 Å². The zero-order chi connectivity index (χ0) is 24.0. The molecule has 2 N–H and O–H groups in total. The van der Waals surface area contributed by atoms with Gasteiger partial charge in [-0.25, -0.2) is 41.1 Å². The maximum atomic E-state index is 10.9. The molecule has 174 valence electrons. The Labute approximate surface area is 215 Å². The SMILES string of the molecule is CS(=O)(=O)c1ccc(O)cc1.CS(=O)(=O)c1ccc(O)cc1.[C-]1=CC=CC1.[C-]1=CC=CC1.[Zr+2]. The first kappa shape index (κ1) is 30.8. The van der Waals surface area contributed by atoms with Crippen molar-refractivity contribution in [3.63, 3.8) is 0 Å². The molecule has 2 aliphatic carbocycles. The van der Waals surface area contributed by atoms with Gasteiger partial charge in [0.2, 0.25) is 0 Å². The third kappa shape index (κ3) is 14.5. The quantitative estimate of drug-likeness (QED) is 0.529. The number of allylic oxidation sites excluding steroid dienone is 8. The molecule has 0 aliphatic heterocycles. The van der Waals surface area contributed by atoms with Gasteiger partial charge in [0.15, 0.2) is 19.7 Å². The largest absolute Gasteiger partial charge is 2.00 e. The van der Waals surface area contributed by atoms with Crippen LogP contribution in [0.2, 0.25) is 0 Å². The first-order valence-corrected chi connectivity index (χ1v) is 13.2. The van der Waals surface area contributed by atoms with Gasteiger partial charge in [-0.1, -0.05) is 0 Å². The Hall–Kier alpha value is -2.22. The van der Waals surface area contributed by atoms with Crippen LogP contribution in [0, 0.1) is 12.2 Å². The molecule has 0 saturated heterocycles. The maximum Gasteiger partial charge on any atom is 2.00 e. The zero-order valence-corrected chi connectivity index (χ0v) is 22.4. The van der Waals surface area contributed by atoms with Crippen LogP contribution in [0.15, 0.2) is 94.8 Å². The van der Waals surface area contributed by atoms with Crippen LogP contribution in [0.1, 0.15) is 12.8 Å². The Kier molecular flexibility index (Phi) is 14.5. The molecule has 0 saturated carbocycles. The molecule has 0 aromatic heterocycles. The van der Waals surface area contributed by atoms with Crippen molar-refractivity contribution in [1.29, 1.82) is 0 Å². The van der Waals surface area contributed by atoms with Crippen LogP contribution in [0.25, 0.3) is 0 Å². The van der Waals surface area contributed by atoms with Crippen LogP contribution in [-0.4, -0.2) is 39.6 Å². The summed E-state index contributed by atoms with van der Waals surface area (Å²) in [5.74, 6) is 0.134. The molecule has 0 heterocycles. The van der Waals surface area contributed by atoms with Crippen molar-refractivity contribution >= 4 is 19.7 Å². The van der Waals surface area contributed by atoms with Crippen molar-refractivity contribution in [1.82, 2.24) is 0 Å². The summed E-state index contributed by atoms with van der Waals surface area (Å²) in [5.41, 5.74) is 0. The minimum atomic E-state index is -3.13. The third-order valence-electron chi connectivity index (χ3n) is 3.70. The van der Waals surface area contributed by atoms with E-state index in [0.29, 0.717) is 0 Å². The fraction of sp³-hybridized carbons (Fsp3) is 0.167. The van der Waals surface area contributed by atoms with Crippen molar-refractivity contribution in [3.05, 3.63) is 97.1 Å². The van der Waals surface area contributed by atoms with Gasteiger partial charge in [-0.2, -0.15) is 12.2 Å². The molecule has 0 radical (unpaired) electrons. The van der Waals surface area contributed by atoms with E-state index in [1.165, 1.54) is 48.5 Å². The molecule has 0 spiro atoms. The Balaban J connectivity index is 0.000000434. The van der Waals surface area contributed by atoms with Gasteiger partial charge < -0.3 is 10.2 Å². The van der Waals surface area contributed by atoms with E-state index in [0.717, 1.165) is 25.4 Å². The van der Waals surface area contributed by atoms with E-state index in [9.17, 15) is 16.8 Å². The second kappa shape index (κ2) is 15.6. The molecule has 0 atom stereocenters.